The second-order valence-electron chi connectivity index (χ2n) is 5.18. The number of nitrogens with one attached hydrogen (secondary N) is 1. The molecular weight excluding hydrogens is 244 g/mol. The van der Waals surface area contributed by atoms with E-state index in [-0.39, 0.29) is 5.91 Å². The maximum atomic E-state index is 12.1. The molecule has 4 heteroatoms. The van der Waals surface area contributed by atoms with E-state index in [0.717, 1.165) is 19.6 Å². The molecule has 1 saturated heterocycles. The van der Waals surface area contributed by atoms with Crippen molar-refractivity contribution in [1.29, 1.82) is 0 Å². The molecule has 1 heterocycles. The number of amides is 1. The minimum absolute atomic E-state index is 0.225. The average molecular weight is 266 g/mol. The zero-order valence-electron chi connectivity index (χ0n) is 10.9. The topological polar surface area (TPSA) is 32.3 Å². The molecular formula is C14H22N2OS. The normalized spacial score (nSPS) is 20.4. The van der Waals surface area contributed by atoms with E-state index in [4.69, 9.17) is 6.42 Å². The van der Waals surface area contributed by atoms with Crippen LogP contribution in [-0.2, 0) is 4.79 Å². The second-order valence-corrected chi connectivity index (χ2v) is 6.47. The van der Waals surface area contributed by atoms with Gasteiger partial charge in [0.15, 0.2) is 0 Å². The molecule has 1 saturated carbocycles. The third-order valence-electron chi connectivity index (χ3n) is 3.54. The summed E-state index contributed by atoms with van der Waals surface area (Å²) >= 11 is 1.81. The second kappa shape index (κ2) is 7.06. The molecule has 0 unspecified atom stereocenters. The Balaban J connectivity index is 1.71. The lowest BCUT2D eigenvalue weighted by Gasteiger charge is -2.24. The quantitative estimate of drug-likeness (QED) is 0.737. The van der Waals surface area contributed by atoms with Crippen LogP contribution in [0.25, 0.3) is 0 Å². The maximum absolute atomic E-state index is 12.1. The van der Waals surface area contributed by atoms with Crippen molar-refractivity contribution >= 4 is 17.7 Å². The number of hydrogen-bond acceptors (Lipinski definition) is 3. The van der Waals surface area contributed by atoms with Gasteiger partial charge in [-0.25, -0.2) is 0 Å². The summed E-state index contributed by atoms with van der Waals surface area (Å²) in [4.78, 5) is 14.0. The van der Waals surface area contributed by atoms with Crippen molar-refractivity contribution in [2.24, 2.45) is 5.92 Å². The van der Waals surface area contributed by atoms with Crippen molar-refractivity contribution < 1.29 is 4.79 Å². The predicted molar refractivity (Wildman–Crippen MR) is 76.5 cm³/mol. The van der Waals surface area contributed by atoms with Gasteiger partial charge in [-0.05, 0) is 44.7 Å². The molecule has 0 atom stereocenters. The van der Waals surface area contributed by atoms with Crippen LogP contribution in [0.15, 0.2) is 0 Å². The van der Waals surface area contributed by atoms with Gasteiger partial charge in [-0.15, -0.1) is 18.2 Å². The first-order valence-electron chi connectivity index (χ1n) is 6.83. The van der Waals surface area contributed by atoms with Gasteiger partial charge in [0.1, 0.15) is 0 Å². The molecule has 100 valence electrons. The van der Waals surface area contributed by atoms with E-state index in [9.17, 15) is 4.79 Å². The van der Waals surface area contributed by atoms with Gasteiger partial charge in [0.2, 0.25) is 5.91 Å². The zero-order chi connectivity index (χ0) is 12.8. The number of piperidine rings is 1. The zero-order valence-corrected chi connectivity index (χ0v) is 11.7. The highest BCUT2D eigenvalue weighted by Crippen LogP contribution is 2.30. The van der Waals surface area contributed by atoms with E-state index in [1.165, 1.54) is 25.7 Å². The van der Waals surface area contributed by atoms with Gasteiger partial charge in [0.25, 0.3) is 0 Å². The molecule has 2 rings (SSSR count). The minimum atomic E-state index is 0.225. The smallest absolute Gasteiger partial charge is 0.233 e. The molecule has 1 amide bonds. The number of terminal acetylenes is 1. The predicted octanol–water partition coefficient (Wildman–Crippen LogP) is 1.34. The Labute approximate surface area is 114 Å². The van der Waals surface area contributed by atoms with Crippen LogP contribution in [0.1, 0.15) is 25.7 Å². The summed E-state index contributed by atoms with van der Waals surface area (Å²) in [5, 5.41) is 3.99. The summed E-state index contributed by atoms with van der Waals surface area (Å²) in [6.07, 6.45) is 10.2. The van der Waals surface area contributed by atoms with Gasteiger partial charge in [0.05, 0.1) is 12.3 Å². The number of hydrogen-bond donors (Lipinski definition) is 1. The van der Waals surface area contributed by atoms with E-state index in [1.807, 2.05) is 16.7 Å². The monoisotopic (exact) mass is 266 g/mol. The molecule has 2 fully saturated rings. The van der Waals surface area contributed by atoms with E-state index < -0.39 is 0 Å². The largest absolute Gasteiger partial charge is 0.331 e. The van der Waals surface area contributed by atoms with Crippen LogP contribution >= 0.6 is 11.8 Å². The van der Waals surface area contributed by atoms with Crippen molar-refractivity contribution in [3.05, 3.63) is 0 Å². The molecule has 0 aromatic carbocycles. The van der Waals surface area contributed by atoms with Gasteiger partial charge < -0.3 is 10.2 Å². The standard InChI is InChI=1S/C14H22N2OS/c1-2-9-16(10-12-3-4-12)14(17)11-18-13-5-7-15-8-6-13/h1,12-13,15H,3-11H2. The number of nitrogens with zero attached hydrogens (tertiary/aromatic N) is 1. The van der Waals surface area contributed by atoms with Gasteiger partial charge in [0, 0.05) is 11.8 Å². The lowest BCUT2D eigenvalue weighted by atomic mass is 10.2. The molecule has 2 aliphatic rings. The molecule has 0 aromatic rings. The van der Waals surface area contributed by atoms with Gasteiger partial charge in [-0.2, -0.15) is 0 Å². The summed E-state index contributed by atoms with van der Waals surface area (Å²) < 4.78 is 0. The van der Waals surface area contributed by atoms with Gasteiger partial charge in [-0.3, -0.25) is 4.79 Å². The average Bonchev–Trinajstić information content (AvgIpc) is 3.21. The van der Waals surface area contributed by atoms with Crippen molar-refractivity contribution in [3.8, 4) is 12.3 Å². The van der Waals surface area contributed by atoms with Crippen LogP contribution in [0.4, 0.5) is 0 Å². The first-order chi connectivity index (χ1) is 8.79. The summed E-state index contributed by atoms with van der Waals surface area (Å²) in [6, 6.07) is 0. The van der Waals surface area contributed by atoms with Crippen LogP contribution in [0.2, 0.25) is 0 Å². The Morgan fingerprint density at radius 2 is 2.06 bits per heavy atom. The van der Waals surface area contributed by atoms with Crippen molar-refractivity contribution in [3.63, 3.8) is 0 Å². The minimum Gasteiger partial charge on any atom is -0.331 e. The van der Waals surface area contributed by atoms with Crippen molar-refractivity contribution in [1.82, 2.24) is 10.2 Å². The highest BCUT2D eigenvalue weighted by atomic mass is 32.2. The number of rotatable bonds is 6. The van der Waals surface area contributed by atoms with Crippen LogP contribution in [0.5, 0.6) is 0 Å². The molecule has 0 aromatic heterocycles. The van der Waals surface area contributed by atoms with Crippen LogP contribution < -0.4 is 5.32 Å². The summed E-state index contributed by atoms with van der Waals surface area (Å²) in [5.41, 5.74) is 0. The summed E-state index contributed by atoms with van der Waals surface area (Å²) in [6.45, 7) is 3.52. The first-order valence-corrected chi connectivity index (χ1v) is 7.88. The fourth-order valence-electron chi connectivity index (χ4n) is 2.22. The van der Waals surface area contributed by atoms with Gasteiger partial charge >= 0.3 is 0 Å². The Hall–Kier alpha value is -0.660. The molecule has 0 spiro atoms. The Kier molecular flexibility index (Phi) is 5.40. The van der Waals surface area contributed by atoms with E-state index in [2.05, 4.69) is 11.2 Å². The molecule has 1 N–H and O–H groups in total. The highest BCUT2D eigenvalue weighted by molar-refractivity contribution is 8.00. The summed E-state index contributed by atoms with van der Waals surface area (Å²) in [7, 11) is 0. The fourth-order valence-corrected chi connectivity index (χ4v) is 3.35. The van der Waals surface area contributed by atoms with E-state index in [0.29, 0.717) is 23.5 Å². The SMILES string of the molecule is C#CCN(CC1CC1)C(=O)CSC1CCNCC1. The van der Waals surface area contributed by atoms with Crippen LogP contribution in [0.3, 0.4) is 0 Å². The third-order valence-corrected chi connectivity index (χ3v) is 4.90. The lowest BCUT2D eigenvalue weighted by molar-refractivity contribution is -0.128. The van der Waals surface area contributed by atoms with Crippen LogP contribution in [0, 0.1) is 18.3 Å². The molecule has 1 aliphatic carbocycles. The molecule has 1 aliphatic heterocycles. The Morgan fingerprint density at radius 1 is 1.33 bits per heavy atom. The van der Waals surface area contributed by atoms with E-state index >= 15 is 0 Å². The van der Waals surface area contributed by atoms with E-state index in [1.54, 1.807) is 0 Å². The number of carbonyl (C=O) groups excluding carboxylic acids is 1. The Morgan fingerprint density at radius 3 is 2.67 bits per heavy atom. The Bertz CT molecular complexity index is 316. The van der Waals surface area contributed by atoms with Gasteiger partial charge in [-0.1, -0.05) is 5.92 Å². The first kappa shape index (κ1) is 13.8. The molecule has 0 bridgehead atoms. The molecule has 3 nitrogen and oxygen atoms in total. The number of carbonyl (C=O) groups is 1. The molecule has 0 radical (unpaired) electrons. The van der Waals surface area contributed by atoms with Crippen molar-refractivity contribution in [2.75, 3.05) is 31.9 Å². The number of thioether (sulfide) groups is 1. The fraction of sp³-hybridized carbons (Fsp3) is 0.786. The third kappa shape index (κ3) is 4.55. The van der Waals surface area contributed by atoms with Crippen molar-refractivity contribution in [2.45, 2.75) is 30.9 Å². The summed E-state index contributed by atoms with van der Waals surface area (Å²) in [5.74, 6) is 4.14. The maximum Gasteiger partial charge on any atom is 0.233 e. The highest BCUT2D eigenvalue weighted by Gasteiger charge is 2.26. The lowest BCUT2D eigenvalue weighted by Crippen LogP contribution is -2.36. The molecule has 18 heavy (non-hydrogen) atoms. The van der Waals surface area contributed by atoms with Crippen LogP contribution in [-0.4, -0.2) is 48.0 Å².